The fourth-order valence-corrected chi connectivity index (χ4v) is 3.85. The highest BCUT2D eigenvalue weighted by Gasteiger charge is 2.24. The second kappa shape index (κ2) is 6.71. The van der Waals surface area contributed by atoms with Gasteiger partial charge in [-0.1, -0.05) is 19.3 Å². The number of rotatable bonds is 6. The van der Waals surface area contributed by atoms with Crippen LogP contribution in [-0.2, 0) is 10.0 Å². The van der Waals surface area contributed by atoms with E-state index in [1.54, 1.807) is 14.0 Å². The van der Waals surface area contributed by atoms with E-state index in [9.17, 15) is 8.42 Å². The lowest BCUT2D eigenvalue weighted by Gasteiger charge is -2.24. The molecule has 0 aromatic rings. The molecule has 1 rings (SSSR count). The van der Waals surface area contributed by atoms with Crippen molar-refractivity contribution in [1.82, 2.24) is 4.31 Å². The molecule has 0 bridgehead atoms. The SMILES string of the molecule is CC(O)CCN(C)S(=O)(=O)CC1CCCCC1. The van der Waals surface area contributed by atoms with Gasteiger partial charge in [-0.15, -0.1) is 0 Å². The third-order valence-electron chi connectivity index (χ3n) is 3.51. The van der Waals surface area contributed by atoms with Crippen LogP contribution in [0.3, 0.4) is 0 Å². The monoisotopic (exact) mass is 263 g/mol. The average molecular weight is 263 g/mol. The number of hydrogen-bond acceptors (Lipinski definition) is 3. The number of hydrogen-bond donors (Lipinski definition) is 1. The second-order valence-corrected chi connectivity index (χ2v) is 7.36. The van der Waals surface area contributed by atoms with Crippen LogP contribution < -0.4 is 0 Å². The molecule has 0 heterocycles. The van der Waals surface area contributed by atoms with E-state index in [-0.39, 0.29) is 5.75 Å². The third kappa shape index (κ3) is 5.36. The highest BCUT2D eigenvalue weighted by Crippen LogP contribution is 2.25. The Morgan fingerprint density at radius 2 is 1.88 bits per heavy atom. The molecule has 0 aromatic carbocycles. The minimum absolute atomic E-state index is 0.281. The smallest absolute Gasteiger partial charge is 0.214 e. The van der Waals surface area contributed by atoms with E-state index in [1.807, 2.05) is 0 Å². The Bertz CT molecular complexity index is 308. The van der Waals surface area contributed by atoms with Crippen molar-refractivity contribution in [1.29, 1.82) is 0 Å². The van der Waals surface area contributed by atoms with Gasteiger partial charge in [0.1, 0.15) is 0 Å². The average Bonchev–Trinajstić information content (AvgIpc) is 2.26. The van der Waals surface area contributed by atoms with Gasteiger partial charge in [-0.25, -0.2) is 12.7 Å². The van der Waals surface area contributed by atoms with Crippen LogP contribution in [0.4, 0.5) is 0 Å². The lowest BCUT2D eigenvalue weighted by Crippen LogP contribution is -2.34. The molecule has 102 valence electrons. The molecule has 0 radical (unpaired) electrons. The normalized spacial score (nSPS) is 20.7. The Labute approximate surface area is 105 Å². The molecule has 0 aromatic heterocycles. The van der Waals surface area contributed by atoms with Crippen molar-refractivity contribution in [2.45, 2.75) is 51.6 Å². The van der Waals surface area contributed by atoms with Crippen LogP contribution in [0.1, 0.15) is 45.4 Å². The van der Waals surface area contributed by atoms with E-state index >= 15 is 0 Å². The number of sulfonamides is 1. The van der Waals surface area contributed by atoms with E-state index in [1.165, 1.54) is 10.7 Å². The Balaban J connectivity index is 2.43. The topological polar surface area (TPSA) is 57.6 Å². The summed E-state index contributed by atoms with van der Waals surface area (Å²) in [6.45, 7) is 2.09. The quantitative estimate of drug-likeness (QED) is 0.792. The van der Waals surface area contributed by atoms with Crippen molar-refractivity contribution in [3.8, 4) is 0 Å². The van der Waals surface area contributed by atoms with Gasteiger partial charge in [-0.3, -0.25) is 0 Å². The third-order valence-corrected chi connectivity index (χ3v) is 5.53. The molecule has 1 aliphatic carbocycles. The van der Waals surface area contributed by atoms with Crippen molar-refractivity contribution in [2.24, 2.45) is 5.92 Å². The summed E-state index contributed by atoms with van der Waals surface area (Å²) in [6.07, 6.45) is 5.72. The molecule has 0 spiro atoms. The second-order valence-electron chi connectivity index (χ2n) is 5.24. The minimum atomic E-state index is -3.13. The lowest BCUT2D eigenvalue weighted by molar-refractivity contribution is 0.177. The van der Waals surface area contributed by atoms with E-state index < -0.39 is 16.1 Å². The summed E-state index contributed by atoms with van der Waals surface area (Å²) in [5.74, 6) is 0.617. The molecule has 17 heavy (non-hydrogen) atoms. The molecule has 1 saturated carbocycles. The number of aliphatic hydroxyl groups excluding tert-OH is 1. The van der Waals surface area contributed by atoms with Crippen molar-refractivity contribution in [3.05, 3.63) is 0 Å². The van der Waals surface area contributed by atoms with Gasteiger partial charge in [-0.05, 0) is 32.1 Å². The van der Waals surface area contributed by atoms with E-state index in [4.69, 9.17) is 5.11 Å². The first-order valence-electron chi connectivity index (χ1n) is 6.54. The molecule has 5 heteroatoms. The summed E-state index contributed by atoms with van der Waals surface area (Å²) in [7, 11) is -1.52. The Morgan fingerprint density at radius 3 is 2.41 bits per heavy atom. The fraction of sp³-hybridized carbons (Fsp3) is 1.00. The summed E-state index contributed by atoms with van der Waals surface area (Å²) in [5.41, 5.74) is 0. The van der Waals surface area contributed by atoms with Crippen LogP contribution in [0.2, 0.25) is 0 Å². The van der Waals surface area contributed by atoms with Gasteiger partial charge >= 0.3 is 0 Å². The Hall–Kier alpha value is -0.130. The highest BCUT2D eigenvalue weighted by atomic mass is 32.2. The molecule has 1 aliphatic rings. The van der Waals surface area contributed by atoms with Gasteiger partial charge in [0.05, 0.1) is 11.9 Å². The zero-order chi connectivity index (χ0) is 12.9. The van der Waals surface area contributed by atoms with Crippen molar-refractivity contribution < 1.29 is 13.5 Å². The van der Waals surface area contributed by atoms with Crippen LogP contribution in [0, 0.1) is 5.92 Å². The van der Waals surface area contributed by atoms with Crippen molar-refractivity contribution in [2.75, 3.05) is 19.3 Å². The molecule has 1 unspecified atom stereocenters. The molecule has 1 fully saturated rings. The zero-order valence-electron chi connectivity index (χ0n) is 10.9. The Morgan fingerprint density at radius 1 is 1.29 bits per heavy atom. The number of aliphatic hydroxyl groups is 1. The highest BCUT2D eigenvalue weighted by molar-refractivity contribution is 7.89. The van der Waals surface area contributed by atoms with Gasteiger partial charge in [0.25, 0.3) is 0 Å². The largest absolute Gasteiger partial charge is 0.393 e. The first-order valence-corrected chi connectivity index (χ1v) is 8.15. The van der Waals surface area contributed by atoms with Crippen LogP contribution >= 0.6 is 0 Å². The van der Waals surface area contributed by atoms with Gasteiger partial charge in [0, 0.05) is 13.6 Å². The minimum Gasteiger partial charge on any atom is -0.393 e. The lowest BCUT2D eigenvalue weighted by atomic mass is 9.91. The molecule has 1 N–H and O–H groups in total. The zero-order valence-corrected chi connectivity index (χ0v) is 11.7. The molecule has 4 nitrogen and oxygen atoms in total. The predicted octanol–water partition coefficient (Wildman–Crippen LogP) is 1.60. The van der Waals surface area contributed by atoms with Gasteiger partial charge < -0.3 is 5.11 Å². The van der Waals surface area contributed by atoms with Crippen LogP contribution in [0.15, 0.2) is 0 Å². The summed E-state index contributed by atoms with van der Waals surface area (Å²) < 4.78 is 25.5. The molecular formula is C12H25NO3S. The molecule has 1 atom stereocenters. The van der Waals surface area contributed by atoms with E-state index in [2.05, 4.69) is 0 Å². The molecular weight excluding hydrogens is 238 g/mol. The van der Waals surface area contributed by atoms with Gasteiger partial charge in [0.2, 0.25) is 10.0 Å². The molecule has 0 aliphatic heterocycles. The standard InChI is InChI=1S/C12H25NO3S/c1-11(14)8-9-13(2)17(15,16)10-12-6-4-3-5-7-12/h11-12,14H,3-10H2,1-2H3. The molecule has 0 saturated heterocycles. The van der Waals surface area contributed by atoms with Crippen LogP contribution in [0.5, 0.6) is 0 Å². The van der Waals surface area contributed by atoms with Gasteiger partial charge in [0.15, 0.2) is 0 Å². The van der Waals surface area contributed by atoms with Crippen LogP contribution in [-0.4, -0.2) is 43.3 Å². The first kappa shape index (κ1) is 14.9. The van der Waals surface area contributed by atoms with E-state index in [0.29, 0.717) is 18.9 Å². The maximum atomic E-state index is 12.1. The van der Waals surface area contributed by atoms with E-state index in [0.717, 1.165) is 25.7 Å². The summed E-state index contributed by atoms with van der Waals surface area (Å²) in [5, 5.41) is 9.17. The first-order chi connectivity index (χ1) is 7.92. The van der Waals surface area contributed by atoms with Gasteiger partial charge in [-0.2, -0.15) is 0 Å². The van der Waals surface area contributed by atoms with Crippen molar-refractivity contribution in [3.63, 3.8) is 0 Å². The number of nitrogens with zero attached hydrogens (tertiary/aromatic N) is 1. The van der Waals surface area contributed by atoms with Crippen LogP contribution in [0.25, 0.3) is 0 Å². The molecule has 0 amide bonds. The predicted molar refractivity (Wildman–Crippen MR) is 69.3 cm³/mol. The summed E-state index contributed by atoms with van der Waals surface area (Å²) in [6, 6.07) is 0. The van der Waals surface area contributed by atoms with Crippen molar-refractivity contribution >= 4 is 10.0 Å². The fourth-order valence-electron chi connectivity index (χ4n) is 2.29. The Kier molecular flexibility index (Phi) is 5.89. The summed E-state index contributed by atoms with van der Waals surface area (Å²) >= 11 is 0. The summed E-state index contributed by atoms with van der Waals surface area (Å²) in [4.78, 5) is 0. The maximum absolute atomic E-state index is 12.1. The maximum Gasteiger partial charge on any atom is 0.214 e.